The van der Waals surface area contributed by atoms with E-state index in [1.54, 1.807) is 12.1 Å². The second-order valence-corrected chi connectivity index (χ2v) is 5.36. The lowest BCUT2D eigenvalue weighted by atomic mass is 9.96. The first-order valence-electron chi connectivity index (χ1n) is 7.12. The maximum absolute atomic E-state index is 13.5. The molecule has 2 aromatic carbocycles. The first kappa shape index (κ1) is 15.5. The van der Waals surface area contributed by atoms with Crippen LogP contribution in [0.25, 0.3) is 0 Å². The van der Waals surface area contributed by atoms with Crippen LogP contribution in [0.2, 0.25) is 0 Å². The van der Waals surface area contributed by atoms with E-state index in [0.717, 1.165) is 12.0 Å². The summed E-state index contributed by atoms with van der Waals surface area (Å²) in [6.45, 7) is 4.23. The number of hydrogen-bond acceptors (Lipinski definition) is 2. The van der Waals surface area contributed by atoms with Crippen molar-refractivity contribution in [3.8, 4) is 5.75 Å². The Labute approximate surface area is 126 Å². The lowest BCUT2D eigenvalue weighted by Gasteiger charge is -2.18. The molecule has 0 aliphatic heterocycles. The lowest BCUT2D eigenvalue weighted by molar-refractivity contribution is 0.385. The van der Waals surface area contributed by atoms with Crippen LogP contribution in [-0.4, -0.2) is 14.2 Å². The van der Waals surface area contributed by atoms with Crippen LogP contribution in [0.15, 0.2) is 36.4 Å². The predicted octanol–water partition coefficient (Wildman–Crippen LogP) is 3.95. The first-order chi connectivity index (χ1) is 10.0. The fourth-order valence-electron chi connectivity index (χ4n) is 2.45. The van der Waals surface area contributed by atoms with Crippen LogP contribution in [0.5, 0.6) is 5.75 Å². The second-order valence-electron chi connectivity index (χ2n) is 5.36. The molecule has 0 amide bonds. The molecular formula is C18H22FNO. The van der Waals surface area contributed by atoms with Crippen LogP contribution in [0.4, 0.5) is 4.39 Å². The first-order valence-corrected chi connectivity index (χ1v) is 7.12. The fourth-order valence-corrected chi connectivity index (χ4v) is 2.45. The zero-order chi connectivity index (χ0) is 15.4. The molecule has 0 aliphatic rings. The van der Waals surface area contributed by atoms with Crippen molar-refractivity contribution in [3.05, 3.63) is 64.5 Å². The van der Waals surface area contributed by atoms with Crippen molar-refractivity contribution in [1.82, 2.24) is 5.32 Å². The number of benzene rings is 2. The van der Waals surface area contributed by atoms with E-state index in [1.165, 1.54) is 29.9 Å². The van der Waals surface area contributed by atoms with Crippen LogP contribution in [0, 0.1) is 19.7 Å². The van der Waals surface area contributed by atoms with Gasteiger partial charge in [0.1, 0.15) is 0 Å². The zero-order valence-electron chi connectivity index (χ0n) is 13.0. The molecule has 1 atom stereocenters. The third-order valence-corrected chi connectivity index (χ3v) is 3.94. The van der Waals surface area contributed by atoms with E-state index in [-0.39, 0.29) is 17.6 Å². The zero-order valence-corrected chi connectivity index (χ0v) is 13.0. The largest absolute Gasteiger partial charge is 0.494 e. The number of nitrogens with one attached hydrogen (secondary N) is 1. The molecule has 0 saturated heterocycles. The minimum absolute atomic E-state index is 0.126. The van der Waals surface area contributed by atoms with E-state index in [9.17, 15) is 4.39 Å². The van der Waals surface area contributed by atoms with Gasteiger partial charge in [-0.2, -0.15) is 0 Å². The highest BCUT2D eigenvalue weighted by atomic mass is 19.1. The summed E-state index contributed by atoms with van der Waals surface area (Å²) < 4.78 is 18.6. The summed E-state index contributed by atoms with van der Waals surface area (Å²) in [5.74, 6) is -0.0462. The summed E-state index contributed by atoms with van der Waals surface area (Å²) in [5, 5.41) is 3.29. The van der Waals surface area contributed by atoms with Gasteiger partial charge in [-0.25, -0.2) is 4.39 Å². The van der Waals surface area contributed by atoms with Gasteiger partial charge in [0.2, 0.25) is 0 Å². The van der Waals surface area contributed by atoms with E-state index in [1.807, 2.05) is 7.05 Å². The molecule has 2 rings (SSSR count). The molecule has 1 unspecified atom stereocenters. The Morgan fingerprint density at radius 1 is 1.10 bits per heavy atom. The van der Waals surface area contributed by atoms with Gasteiger partial charge in [-0.1, -0.05) is 24.3 Å². The molecule has 0 heterocycles. The highest BCUT2D eigenvalue weighted by Crippen LogP contribution is 2.25. The lowest BCUT2D eigenvalue weighted by Crippen LogP contribution is -2.19. The Kier molecular flexibility index (Phi) is 4.97. The van der Waals surface area contributed by atoms with E-state index in [0.29, 0.717) is 0 Å². The second kappa shape index (κ2) is 6.72. The average molecular weight is 287 g/mol. The van der Waals surface area contributed by atoms with Gasteiger partial charge in [-0.05, 0) is 61.7 Å². The Bertz CT molecular complexity index is 625. The van der Waals surface area contributed by atoms with Gasteiger partial charge >= 0.3 is 0 Å². The molecule has 1 N–H and O–H groups in total. The molecule has 2 aromatic rings. The fraction of sp³-hybridized carbons (Fsp3) is 0.333. The van der Waals surface area contributed by atoms with E-state index >= 15 is 0 Å². The maximum Gasteiger partial charge on any atom is 0.165 e. The summed E-state index contributed by atoms with van der Waals surface area (Å²) in [6.07, 6.45) is 0.854. The minimum atomic E-state index is -0.331. The van der Waals surface area contributed by atoms with Crippen molar-refractivity contribution < 1.29 is 9.13 Å². The van der Waals surface area contributed by atoms with Crippen molar-refractivity contribution in [3.63, 3.8) is 0 Å². The Morgan fingerprint density at radius 2 is 1.86 bits per heavy atom. The standard InChI is InChI=1S/C18H22FNO/c1-12-5-6-14(9-13(12)2)10-17(20-3)15-7-8-16(19)18(11-15)21-4/h5-9,11,17,20H,10H2,1-4H3. The monoisotopic (exact) mass is 287 g/mol. The molecule has 21 heavy (non-hydrogen) atoms. The van der Waals surface area contributed by atoms with Gasteiger partial charge < -0.3 is 10.1 Å². The highest BCUT2D eigenvalue weighted by molar-refractivity contribution is 5.35. The van der Waals surface area contributed by atoms with Crippen molar-refractivity contribution in [2.45, 2.75) is 26.3 Å². The number of rotatable bonds is 5. The quantitative estimate of drug-likeness (QED) is 0.899. The van der Waals surface area contributed by atoms with Gasteiger partial charge in [0.15, 0.2) is 11.6 Å². The molecular weight excluding hydrogens is 265 g/mol. The molecule has 0 aliphatic carbocycles. The van der Waals surface area contributed by atoms with Gasteiger partial charge in [0.05, 0.1) is 7.11 Å². The van der Waals surface area contributed by atoms with E-state index in [4.69, 9.17) is 4.74 Å². The minimum Gasteiger partial charge on any atom is -0.494 e. The topological polar surface area (TPSA) is 21.3 Å². The van der Waals surface area contributed by atoms with E-state index in [2.05, 4.69) is 37.4 Å². The Morgan fingerprint density at radius 3 is 2.48 bits per heavy atom. The van der Waals surface area contributed by atoms with Gasteiger partial charge in [0, 0.05) is 6.04 Å². The maximum atomic E-state index is 13.5. The Balaban J connectivity index is 2.25. The predicted molar refractivity (Wildman–Crippen MR) is 84.4 cm³/mol. The van der Waals surface area contributed by atoms with Gasteiger partial charge in [0.25, 0.3) is 0 Å². The third kappa shape index (κ3) is 3.61. The molecule has 0 radical (unpaired) electrons. The van der Waals surface area contributed by atoms with Gasteiger partial charge in [-0.3, -0.25) is 0 Å². The van der Waals surface area contributed by atoms with Crippen molar-refractivity contribution >= 4 is 0 Å². The number of methoxy groups -OCH3 is 1. The molecule has 0 spiro atoms. The van der Waals surface area contributed by atoms with Crippen LogP contribution in [-0.2, 0) is 6.42 Å². The molecule has 3 heteroatoms. The van der Waals surface area contributed by atoms with Crippen molar-refractivity contribution in [2.75, 3.05) is 14.2 Å². The number of ether oxygens (including phenoxy) is 1. The molecule has 2 nitrogen and oxygen atoms in total. The molecule has 0 saturated carbocycles. The Hall–Kier alpha value is -1.87. The number of likely N-dealkylation sites (N-methyl/N-ethyl adjacent to an activating group) is 1. The average Bonchev–Trinajstić information content (AvgIpc) is 2.49. The SMILES string of the molecule is CNC(Cc1ccc(C)c(C)c1)c1ccc(F)c(OC)c1. The van der Waals surface area contributed by atoms with Crippen LogP contribution in [0.1, 0.15) is 28.3 Å². The number of aryl methyl sites for hydroxylation is 2. The normalized spacial score (nSPS) is 12.2. The van der Waals surface area contributed by atoms with Crippen LogP contribution in [0.3, 0.4) is 0 Å². The van der Waals surface area contributed by atoms with Crippen molar-refractivity contribution in [2.24, 2.45) is 0 Å². The molecule has 112 valence electrons. The van der Waals surface area contributed by atoms with Gasteiger partial charge in [-0.15, -0.1) is 0 Å². The number of hydrogen-bond donors (Lipinski definition) is 1. The summed E-state index contributed by atoms with van der Waals surface area (Å²) in [4.78, 5) is 0. The molecule has 0 fully saturated rings. The van der Waals surface area contributed by atoms with Crippen LogP contribution >= 0.6 is 0 Å². The summed E-state index contributed by atoms with van der Waals surface area (Å²) in [7, 11) is 3.40. The summed E-state index contributed by atoms with van der Waals surface area (Å²) >= 11 is 0. The summed E-state index contributed by atoms with van der Waals surface area (Å²) in [6, 6.07) is 11.6. The van der Waals surface area contributed by atoms with Crippen molar-refractivity contribution in [1.29, 1.82) is 0 Å². The highest BCUT2D eigenvalue weighted by Gasteiger charge is 2.13. The third-order valence-electron chi connectivity index (χ3n) is 3.94. The molecule has 0 bridgehead atoms. The molecule has 0 aromatic heterocycles. The number of halogens is 1. The summed E-state index contributed by atoms with van der Waals surface area (Å²) in [5.41, 5.74) is 4.87. The van der Waals surface area contributed by atoms with E-state index < -0.39 is 0 Å². The smallest absolute Gasteiger partial charge is 0.165 e. The van der Waals surface area contributed by atoms with Crippen LogP contribution < -0.4 is 10.1 Å².